The molecule has 4 nitrogen and oxygen atoms in total. The molecule has 1 rings (SSSR count). The minimum atomic E-state index is -0.673. The van der Waals surface area contributed by atoms with E-state index in [1.807, 2.05) is 0 Å². The minimum absolute atomic E-state index is 0.0844. The van der Waals surface area contributed by atoms with Gasteiger partial charge in [-0.05, 0) is 13.0 Å². The van der Waals surface area contributed by atoms with E-state index in [1.54, 1.807) is 0 Å². The predicted molar refractivity (Wildman–Crippen MR) is 50.7 cm³/mol. The van der Waals surface area contributed by atoms with Crippen LogP contribution in [0.25, 0.3) is 0 Å². The maximum absolute atomic E-state index is 13.2. The van der Waals surface area contributed by atoms with Gasteiger partial charge in [0.15, 0.2) is 0 Å². The van der Waals surface area contributed by atoms with E-state index in [1.165, 1.54) is 6.92 Å². The molecule has 0 bridgehead atoms. The van der Waals surface area contributed by atoms with E-state index in [9.17, 15) is 14.5 Å². The lowest BCUT2D eigenvalue weighted by molar-refractivity contribution is -0.384. The zero-order valence-electron chi connectivity index (χ0n) is 7.33. The third kappa shape index (κ3) is 2.00. The van der Waals surface area contributed by atoms with Gasteiger partial charge in [-0.2, -0.15) is 0 Å². The SMILES string of the molecule is C[C@H](N)c1cc([N+](=O)[O-])c(Cl)cc1F. The molecule has 0 spiro atoms. The van der Waals surface area contributed by atoms with Crippen molar-refractivity contribution in [3.8, 4) is 0 Å². The highest BCUT2D eigenvalue weighted by molar-refractivity contribution is 6.32. The molecule has 1 atom stereocenters. The molecule has 76 valence electrons. The maximum atomic E-state index is 13.2. The number of nitro groups is 1. The van der Waals surface area contributed by atoms with E-state index in [4.69, 9.17) is 17.3 Å². The molecule has 0 aliphatic rings. The van der Waals surface area contributed by atoms with Crippen LogP contribution in [0.4, 0.5) is 10.1 Å². The highest BCUT2D eigenvalue weighted by atomic mass is 35.5. The Labute approximate surface area is 84.6 Å². The number of nitro benzene ring substituents is 1. The van der Waals surface area contributed by atoms with Gasteiger partial charge in [-0.25, -0.2) is 4.39 Å². The van der Waals surface area contributed by atoms with Crippen LogP contribution in [0.3, 0.4) is 0 Å². The molecular weight excluding hydrogens is 211 g/mol. The van der Waals surface area contributed by atoms with Crippen LogP contribution < -0.4 is 5.73 Å². The number of benzene rings is 1. The van der Waals surface area contributed by atoms with Gasteiger partial charge in [0, 0.05) is 17.7 Å². The van der Waals surface area contributed by atoms with E-state index in [-0.39, 0.29) is 16.3 Å². The summed E-state index contributed by atoms with van der Waals surface area (Å²) >= 11 is 5.48. The molecule has 0 aromatic heterocycles. The second-order valence-electron chi connectivity index (χ2n) is 2.87. The van der Waals surface area contributed by atoms with Crippen LogP contribution in [0.15, 0.2) is 12.1 Å². The Kier molecular flexibility index (Phi) is 3.03. The van der Waals surface area contributed by atoms with Crippen molar-refractivity contribution in [3.05, 3.63) is 38.7 Å². The lowest BCUT2D eigenvalue weighted by Crippen LogP contribution is -2.08. The van der Waals surface area contributed by atoms with Gasteiger partial charge in [0.2, 0.25) is 0 Å². The van der Waals surface area contributed by atoms with E-state index >= 15 is 0 Å². The molecule has 14 heavy (non-hydrogen) atoms. The monoisotopic (exact) mass is 218 g/mol. The number of hydrogen-bond donors (Lipinski definition) is 1. The van der Waals surface area contributed by atoms with Crippen LogP contribution in [0.5, 0.6) is 0 Å². The average molecular weight is 219 g/mol. The van der Waals surface area contributed by atoms with Crippen LogP contribution >= 0.6 is 11.6 Å². The Morgan fingerprint density at radius 1 is 1.64 bits per heavy atom. The Morgan fingerprint density at radius 2 is 2.21 bits per heavy atom. The molecule has 6 heteroatoms. The summed E-state index contributed by atoms with van der Waals surface area (Å²) in [5.74, 6) is -0.629. The summed E-state index contributed by atoms with van der Waals surface area (Å²) in [6.07, 6.45) is 0. The van der Waals surface area contributed by atoms with Crippen LogP contribution in [-0.2, 0) is 0 Å². The maximum Gasteiger partial charge on any atom is 0.288 e. The summed E-state index contributed by atoms with van der Waals surface area (Å²) in [4.78, 5) is 9.79. The Balaban J connectivity index is 3.34. The quantitative estimate of drug-likeness (QED) is 0.612. The first-order chi connectivity index (χ1) is 6.43. The van der Waals surface area contributed by atoms with Crippen LogP contribution in [0.1, 0.15) is 18.5 Å². The van der Waals surface area contributed by atoms with Crippen molar-refractivity contribution in [1.82, 2.24) is 0 Å². The first-order valence-electron chi connectivity index (χ1n) is 3.82. The number of nitrogens with two attached hydrogens (primary N) is 1. The summed E-state index contributed by atoms with van der Waals surface area (Å²) in [6.45, 7) is 1.54. The average Bonchev–Trinajstić information content (AvgIpc) is 2.02. The number of nitrogens with zero attached hydrogens (tertiary/aromatic N) is 1. The third-order valence-corrected chi connectivity index (χ3v) is 2.06. The number of halogens is 2. The molecular formula is C8H8ClFN2O2. The van der Waals surface area contributed by atoms with Gasteiger partial charge in [-0.15, -0.1) is 0 Å². The summed E-state index contributed by atoms with van der Waals surface area (Å²) in [7, 11) is 0. The minimum Gasteiger partial charge on any atom is -0.324 e. The van der Waals surface area contributed by atoms with Crippen molar-refractivity contribution >= 4 is 17.3 Å². The fourth-order valence-electron chi connectivity index (χ4n) is 1.04. The van der Waals surface area contributed by atoms with Gasteiger partial charge in [0.05, 0.1) is 4.92 Å². The lowest BCUT2D eigenvalue weighted by Gasteiger charge is -2.07. The molecule has 1 aromatic carbocycles. The standard InChI is InChI=1S/C8H8ClFN2O2/c1-4(11)5-2-8(12(13)14)6(9)3-7(5)10/h2-4H,11H2,1H3/t4-/m0/s1. The van der Waals surface area contributed by atoms with Gasteiger partial charge in [0.25, 0.3) is 5.69 Å². The fourth-order valence-corrected chi connectivity index (χ4v) is 1.26. The van der Waals surface area contributed by atoms with E-state index in [0.717, 1.165) is 12.1 Å². The second-order valence-corrected chi connectivity index (χ2v) is 3.28. The Hall–Kier alpha value is -1.20. The number of hydrogen-bond acceptors (Lipinski definition) is 3. The summed E-state index contributed by atoms with van der Waals surface area (Å²) in [5.41, 5.74) is 5.18. The Bertz CT molecular complexity index is 382. The smallest absolute Gasteiger partial charge is 0.288 e. The normalized spacial score (nSPS) is 12.6. The highest BCUT2D eigenvalue weighted by Gasteiger charge is 2.18. The Morgan fingerprint density at radius 3 is 2.64 bits per heavy atom. The predicted octanol–water partition coefficient (Wildman–Crippen LogP) is 2.41. The molecule has 0 heterocycles. The van der Waals surface area contributed by atoms with Gasteiger partial charge in [-0.1, -0.05) is 11.6 Å². The summed E-state index contributed by atoms with van der Waals surface area (Å²) < 4.78 is 13.2. The van der Waals surface area contributed by atoms with Crippen molar-refractivity contribution in [2.75, 3.05) is 0 Å². The van der Waals surface area contributed by atoms with Crippen molar-refractivity contribution < 1.29 is 9.31 Å². The topological polar surface area (TPSA) is 69.2 Å². The van der Waals surface area contributed by atoms with Crippen molar-refractivity contribution in [2.45, 2.75) is 13.0 Å². The van der Waals surface area contributed by atoms with Crippen LogP contribution in [-0.4, -0.2) is 4.92 Å². The lowest BCUT2D eigenvalue weighted by atomic mass is 10.1. The molecule has 0 amide bonds. The van der Waals surface area contributed by atoms with Gasteiger partial charge < -0.3 is 5.73 Å². The molecule has 1 aromatic rings. The number of rotatable bonds is 2. The molecule has 0 aliphatic carbocycles. The summed E-state index contributed by atoms with van der Waals surface area (Å²) in [6, 6.07) is 1.35. The molecule has 0 aliphatic heterocycles. The molecule has 0 saturated carbocycles. The molecule has 0 saturated heterocycles. The molecule has 0 fully saturated rings. The van der Waals surface area contributed by atoms with E-state index in [0.29, 0.717) is 0 Å². The van der Waals surface area contributed by atoms with Crippen molar-refractivity contribution in [2.24, 2.45) is 5.73 Å². The van der Waals surface area contributed by atoms with E-state index < -0.39 is 16.8 Å². The molecule has 0 radical (unpaired) electrons. The molecule has 0 unspecified atom stereocenters. The largest absolute Gasteiger partial charge is 0.324 e. The first-order valence-corrected chi connectivity index (χ1v) is 4.20. The van der Waals surface area contributed by atoms with Gasteiger partial charge in [0.1, 0.15) is 10.8 Å². The zero-order valence-corrected chi connectivity index (χ0v) is 8.08. The van der Waals surface area contributed by atoms with Gasteiger partial charge >= 0.3 is 0 Å². The van der Waals surface area contributed by atoms with Crippen LogP contribution in [0, 0.1) is 15.9 Å². The van der Waals surface area contributed by atoms with Crippen LogP contribution in [0.2, 0.25) is 5.02 Å². The highest BCUT2D eigenvalue weighted by Crippen LogP contribution is 2.29. The summed E-state index contributed by atoms with van der Waals surface area (Å²) in [5, 5.41) is 10.2. The van der Waals surface area contributed by atoms with Crippen molar-refractivity contribution in [3.63, 3.8) is 0 Å². The first kappa shape index (κ1) is 10.9. The molecule has 2 N–H and O–H groups in total. The fraction of sp³-hybridized carbons (Fsp3) is 0.250. The second kappa shape index (κ2) is 3.89. The third-order valence-electron chi connectivity index (χ3n) is 1.75. The van der Waals surface area contributed by atoms with Crippen molar-refractivity contribution in [1.29, 1.82) is 0 Å². The van der Waals surface area contributed by atoms with E-state index in [2.05, 4.69) is 0 Å². The zero-order chi connectivity index (χ0) is 10.9. The van der Waals surface area contributed by atoms with Gasteiger partial charge in [-0.3, -0.25) is 10.1 Å².